The Balaban J connectivity index is 2.28. The van der Waals surface area contributed by atoms with Gasteiger partial charge in [-0.25, -0.2) is 0 Å². The van der Waals surface area contributed by atoms with Crippen molar-refractivity contribution in [1.29, 1.82) is 0 Å². The molecular weight excluding hydrogens is 308 g/mol. The van der Waals surface area contributed by atoms with Gasteiger partial charge in [0, 0.05) is 11.6 Å². The highest BCUT2D eigenvalue weighted by molar-refractivity contribution is 6.08. The van der Waals surface area contributed by atoms with E-state index in [9.17, 15) is 25.2 Å². The minimum atomic E-state index is -0.449. The van der Waals surface area contributed by atoms with Gasteiger partial charge in [-0.3, -0.25) is 4.79 Å². The number of allylic oxidation sites excluding steroid dienone is 3. The van der Waals surface area contributed by atoms with Gasteiger partial charge in [-0.1, -0.05) is 18.2 Å². The monoisotopic (exact) mass is 326 g/mol. The predicted molar refractivity (Wildman–Crippen MR) is 91.4 cm³/mol. The third-order valence-corrected chi connectivity index (χ3v) is 3.44. The molecule has 0 radical (unpaired) electrons. The molecule has 0 amide bonds. The van der Waals surface area contributed by atoms with Gasteiger partial charge in [0.2, 0.25) is 0 Å². The van der Waals surface area contributed by atoms with Crippen LogP contribution in [-0.4, -0.2) is 26.2 Å². The summed E-state index contributed by atoms with van der Waals surface area (Å²) in [5.41, 5.74) is 1.13. The van der Waals surface area contributed by atoms with Crippen molar-refractivity contribution in [2.24, 2.45) is 0 Å². The maximum atomic E-state index is 12.1. The first kappa shape index (κ1) is 17.1. The van der Waals surface area contributed by atoms with Gasteiger partial charge >= 0.3 is 0 Å². The summed E-state index contributed by atoms with van der Waals surface area (Å²) >= 11 is 0. The molecule has 0 unspecified atom stereocenters. The van der Waals surface area contributed by atoms with Gasteiger partial charge in [-0.15, -0.1) is 0 Å². The Morgan fingerprint density at radius 1 is 1.04 bits per heavy atom. The third kappa shape index (κ3) is 3.95. The maximum Gasteiger partial charge on any atom is 0.189 e. The summed E-state index contributed by atoms with van der Waals surface area (Å²) in [6.07, 6.45) is 6.84. The molecule has 0 aliphatic rings. The summed E-state index contributed by atoms with van der Waals surface area (Å²) in [4.78, 5) is 12.1. The van der Waals surface area contributed by atoms with Crippen LogP contribution in [0.25, 0.3) is 6.08 Å². The Hall–Kier alpha value is -3.21. The van der Waals surface area contributed by atoms with E-state index in [1.54, 1.807) is 6.07 Å². The van der Waals surface area contributed by atoms with Gasteiger partial charge in [0.05, 0.1) is 5.56 Å². The zero-order valence-electron chi connectivity index (χ0n) is 13.1. The van der Waals surface area contributed by atoms with Crippen LogP contribution in [0.1, 0.15) is 28.4 Å². The molecule has 2 rings (SSSR count). The second-order valence-corrected chi connectivity index (χ2v) is 5.22. The van der Waals surface area contributed by atoms with Crippen LogP contribution in [-0.2, 0) is 6.42 Å². The Labute approximate surface area is 139 Å². The fourth-order valence-electron chi connectivity index (χ4n) is 2.19. The average molecular weight is 326 g/mol. The molecule has 0 bridgehead atoms. The number of aromatic hydroxyl groups is 4. The smallest absolute Gasteiger partial charge is 0.189 e. The van der Waals surface area contributed by atoms with E-state index >= 15 is 0 Å². The van der Waals surface area contributed by atoms with Crippen molar-refractivity contribution < 1.29 is 25.2 Å². The van der Waals surface area contributed by atoms with Gasteiger partial charge in [0.15, 0.2) is 17.3 Å². The van der Waals surface area contributed by atoms with E-state index < -0.39 is 5.78 Å². The number of ketones is 1. The number of hydrogen-bond donors (Lipinski definition) is 4. The number of phenolic OH excluding ortho intramolecular Hbond substituents is 4. The lowest BCUT2D eigenvalue weighted by molar-refractivity contribution is 0.104. The molecule has 0 aromatic heterocycles. The molecule has 0 aliphatic heterocycles. The molecule has 2 aromatic rings. The van der Waals surface area contributed by atoms with E-state index in [1.165, 1.54) is 30.4 Å². The number of benzene rings is 2. The quantitative estimate of drug-likeness (QED) is 0.292. The molecule has 0 aliphatic carbocycles. The number of hydrogen-bond acceptors (Lipinski definition) is 5. The van der Waals surface area contributed by atoms with E-state index in [0.29, 0.717) is 17.5 Å². The molecule has 0 heterocycles. The fourth-order valence-corrected chi connectivity index (χ4v) is 2.19. The second kappa shape index (κ2) is 7.37. The Morgan fingerprint density at radius 3 is 2.46 bits per heavy atom. The molecule has 5 heteroatoms. The van der Waals surface area contributed by atoms with Crippen LogP contribution >= 0.6 is 0 Å². The fraction of sp³-hybridized carbons (Fsp3) is 0.105. The molecule has 0 atom stereocenters. The maximum absolute atomic E-state index is 12.1. The average Bonchev–Trinajstić information content (AvgIpc) is 2.54. The minimum Gasteiger partial charge on any atom is -0.508 e. The van der Waals surface area contributed by atoms with Crippen molar-refractivity contribution in [2.45, 2.75) is 13.3 Å². The van der Waals surface area contributed by atoms with Crippen LogP contribution in [0.5, 0.6) is 23.0 Å². The van der Waals surface area contributed by atoms with Crippen LogP contribution in [0, 0.1) is 0 Å². The van der Waals surface area contributed by atoms with E-state index in [1.807, 2.05) is 19.1 Å². The van der Waals surface area contributed by atoms with Crippen LogP contribution in [0.15, 0.2) is 48.6 Å². The summed E-state index contributed by atoms with van der Waals surface area (Å²) in [5.74, 6) is -1.35. The molecule has 0 saturated heterocycles. The van der Waals surface area contributed by atoms with Crippen molar-refractivity contribution >= 4 is 11.9 Å². The SMILES string of the molecule is CC=CCc1cc(C=CC(=O)c2ccc(O)cc2O)cc(O)c1O. The van der Waals surface area contributed by atoms with E-state index in [-0.39, 0.29) is 28.6 Å². The minimum absolute atomic E-state index is 0.0567. The Kier molecular flexibility index (Phi) is 5.27. The topological polar surface area (TPSA) is 98.0 Å². The molecule has 0 fully saturated rings. The van der Waals surface area contributed by atoms with Crippen molar-refractivity contribution in [2.75, 3.05) is 0 Å². The lowest BCUT2D eigenvalue weighted by Crippen LogP contribution is -1.94. The number of carbonyl (C=O) groups is 1. The van der Waals surface area contributed by atoms with Crippen LogP contribution in [0.2, 0.25) is 0 Å². The Morgan fingerprint density at radius 2 is 1.79 bits per heavy atom. The summed E-state index contributed by atoms with van der Waals surface area (Å²) in [5, 5.41) is 38.5. The lowest BCUT2D eigenvalue weighted by atomic mass is 10.0. The lowest BCUT2D eigenvalue weighted by Gasteiger charge is -2.06. The largest absolute Gasteiger partial charge is 0.508 e. The van der Waals surface area contributed by atoms with Gasteiger partial charge in [-0.2, -0.15) is 0 Å². The van der Waals surface area contributed by atoms with Gasteiger partial charge in [0.1, 0.15) is 11.5 Å². The first-order valence-corrected chi connectivity index (χ1v) is 7.32. The summed E-state index contributed by atoms with van der Waals surface area (Å²) < 4.78 is 0. The zero-order valence-corrected chi connectivity index (χ0v) is 13.1. The molecule has 0 spiro atoms. The second-order valence-electron chi connectivity index (χ2n) is 5.22. The van der Waals surface area contributed by atoms with Crippen LogP contribution in [0.3, 0.4) is 0 Å². The summed E-state index contributed by atoms with van der Waals surface area (Å²) in [7, 11) is 0. The summed E-state index contributed by atoms with van der Waals surface area (Å²) in [6, 6.07) is 6.72. The van der Waals surface area contributed by atoms with Gasteiger partial charge in [-0.05, 0) is 49.2 Å². The first-order chi connectivity index (χ1) is 11.4. The normalized spacial score (nSPS) is 11.4. The highest BCUT2D eigenvalue weighted by atomic mass is 16.3. The van der Waals surface area contributed by atoms with Crippen molar-refractivity contribution in [3.63, 3.8) is 0 Å². The van der Waals surface area contributed by atoms with E-state index in [4.69, 9.17) is 0 Å². The highest BCUT2D eigenvalue weighted by Crippen LogP contribution is 2.31. The van der Waals surface area contributed by atoms with Gasteiger partial charge in [0.25, 0.3) is 0 Å². The number of carbonyl (C=O) groups excluding carboxylic acids is 1. The highest BCUT2D eigenvalue weighted by Gasteiger charge is 2.10. The number of phenols is 4. The van der Waals surface area contributed by atoms with E-state index in [2.05, 4.69) is 0 Å². The van der Waals surface area contributed by atoms with Crippen molar-refractivity contribution in [1.82, 2.24) is 0 Å². The van der Waals surface area contributed by atoms with Crippen LogP contribution in [0.4, 0.5) is 0 Å². The standard InChI is InChI=1S/C19H18O5/c1-2-3-4-13-9-12(10-18(23)19(13)24)5-8-16(21)15-7-6-14(20)11-17(15)22/h2-3,5-11,20,22-24H,4H2,1H3. The molecule has 0 saturated carbocycles. The number of rotatable bonds is 5. The molecule has 124 valence electrons. The summed E-state index contributed by atoms with van der Waals surface area (Å²) in [6.45, 7) is 1.85. The van der Waals surface area contributed by atoms with E-state index in [0.717, 1.165) is 6.07 Å². The third-order valence-electron chi connectivity index (χ3n) is 3.44. The molecule has 2 aromatic carbocycles. The Bertz CT molecular complexity index is 819. The molecule has 4 N–H and O–H groups in total. The molecule has 5 nitrogen and oxygen atoms in total. The predicted octanol–water partition coefficient (Wildman–Crippen LogP) is 3.52. The zero-order chi connectivity index (χ0) is 17.7. The van der Waals surface area contributed by atoms with Gasteiger partial charge < -0.3 is 20.4 Å². The molecular formula is C19H18O5. The van der Waals surface area contributed by atoms with Crippen molar-refractivity contribution in [3.8, 4) is 23.0 Å². The van der Waals surface area contributed by atoms with Crippen LogP contribution < -0.4 is 0 Å². The first-order valence-electron chi connectivity index (χ1n) is 7.32. The van der Waals surface area contributed by atoms with Crippen molar-refractivity contribution in [3.05, 3.63) is 65.3 Å². The molecule has 24 heavy (non-hydrogen) atoms.